The van der Waals surface area contributed by atoms with E-state index in [4.69, 9.17) is 4.74 Å². The number of nitrogens with one attached hydrogen (secondary N) is 1. The molecule has 0 saturated heterocycles. The number of benzene rings is 1. The van der Waals surface area contributed by atoms with Crippen LogP contribution in [0.3, 0.4) is 0 Å². The van der Waals surface area contributed by atoms with Gasteiger partial charge in [-0.15, -0.1) is 0 Å². The third-order valence-corrected chi connectivity index (χ3v) is 3.24. The Bertz CT molecular complexity index is 650. The highest BCUT2D eigenvalue weighted by molar-refractivity contribution is 5.88. The van der Waals surface area contributed by atoms with Crippen molar-refractivity contribution in [1.29, 1.82) is 0 Å². The van der Waals surface area contributed by atoms with Crippen LogP contribution in [-0.4, -0.2) is 29.3 Å². The number of amides is 1. The molecule has 20 heavy (non-hydrogen) atoms. The van der Waals surface area contributed by atoms with E-state index in [0.717, 1.165) is 30.3 Å². The first-order valence-electron chi connectivity index (χ1n) is 6.44. The Balaban J connectivity index is 1.91. The normalized spacial score (nSPS) is 13.2. The van der Waals surface area contributed by atoms with E-state index in [1.54, 1.807) is 7.11 Å². The summed E-state index contributed by atoms with van der Waals surface area (Å²) in [6.45, 7) is 3.13. The first-order valence-corrected chi connectivity index (χ1v) is 6.44. The molecule has 6 heteroatoms. The van der Waals surface area contributed by atoms with Gasteiger partial charge in [-0.2, -0.15) is 5.10 Å². The first-order chi connectivity index (χ1) is 9.67. The average Bonchev–Trinajstić information content (AvgIpc) is 2.97. The van der Waals surface area contributed by atoms with Crippen molar-refractivity contribution < 1.29 is 9.53 Å². The van der Waals surface area contributed by atoms with Gasteiger partial charge in [0.1, 0.15) is 11.6 Å². The minimum atomic E-state index is -0.116. The molecule has 0 atom stereocenters. The standard InChI is InChI=1S/C14H16N4O2/c1-10(19)15-13-9-14-17(6-7-18(14)16-13)11-4-3-5-12(8-11)20-2/h3-5,8-9H,6-7H2,1-2H3,(H,15,16,19). The number of hydrogen-bond donors (Lipinski definition) is 1. The summed E-state index contributed by atoms with van der Waals surface area (Å²) in [5, 5.41) is 7.07. The highest BCUT2D eigenvalue weighted by atomic mass is 16.5. The van der Waals surface area contributed by atoms with Gasteiger partial charge >= 0.3 is 0 Å². The SMILES string of the molecule is COc1cccc(N2CCn3nc(NC(C)=O)cc32)c1. The molecular formula is C14H16N4O2. The lowest BCUT2D eigenvalue weighted by atomic mass is 10.2. The van der Waals surface area contributed by atoms with Crippen LogP contribution in [0.2, 0.25) is 0 Å². The second-order valence-corrected chi connectivity index (χ2v) is 4.65. The molecule has 2 heterocycles. The number of carbonyl (C=O) groups excluding carboxylic acids is 1. The van der Waals surface area contributed by atoms with E-state index in [9.17, 15) is 4.79 Å². The van der Waals surface area contributed by atoms with Gasteiger partial charge in [-0.3, -0.25) is 4.79 Å². The molecule has 1 aromatic carbocycles. The Hall–Kier alpha value is -2.50. The van der Waals surface area contributed by atoms with Crippen molar-refractivity contribution in [3.05, 3.63) is 30.3 Å². The van der Waals surface area contributed by atoms with Gasteiger partial charge in [0, 0.05) is 31.3 Å². The van der Waals surface area contributed by atoms with Crippen LogP contribution in [0.1, 0.15) is 6.92 Å². The van der Waals surface area contributed by atoms with Crippen LogP contribution < -0.4 is 15.0 Å². The van der Waals surface area contributed by atoms with E-state index in [1.165, 1.54) is 6.92 Å². The second-order valence-electron chi connectivity index (χ2n) is 4.65. The van der Waals surface area contributed by atoms with Crippen LogP contribution in [0.25, 0.3) is 0 Å². The van der Waals surface area contributed by atoms with Crippen LogP contribution in [0.4, 0.5) is 17.3 Å². The molecule has 0 spiro atoms. The van der Waals surface area contributed by atoms with Gasteiger partial charge < -0.3 is 15.0 Å². The number of aromatic nitrogens is 2. The number of nitrogens with zero attached hydrogens (tertiary/aromatic N) is 3. The fourth-order valence-corrected chi connectivity index (χ4v) is 2.38. The quantitative estimate of drug-likeness (QED) is 0.928. The fraction of sp³-hybridized carbons (Fsp3) is 0.286. The second kappa shape index (κ2) is 4.88. The van der Waals surface area contributed by atoms with Crippen molar-refractivity contribution in [2.24, 2.45) is 0 Å². The van der Waals surface area contributed by atoms with Gasteiger partial charge in [-0.05, 0) is 12.1 Å². The van der Waals surface area contributed by atoms with Crippen LogP contribution in [0.5, 0.6) is 5.75 Å². The van der Waals surface area contributed by atoms with E-state index < -0.39 is 0 Å². The number of rotatable bonds is 3. The molecule has 1 aromatic heterocycles. The molecular weight excluding hydrogens is 256 g/mol. The van der Waals surface area contributed by atoms with Crippen molar-refractivity contribution in [2.45, 2.75) is 13.5 Å². The maximum absolute atomic E-state index is 11.1. The van der Waals surface area contributed by atoms with Gasteiger partial charge in [-0.25, -0.2) is 4.68 Å². The Morgan fingerprint density at radius 2 is 2.20 bits per heavy atom. The third-order valence-electron chi connectivity index (χ3n) is 3.24. The number of hydrogen-bond acceptors (Lipinski definition) is 4. The van der Waals surface area contributed by atoms with Gasteiger partial charge in [0.15, 0.2) is 5.82 Å². The van der Waals surface area contributed by atoms with E-state index >= 15 is 0 Å². The molecule has 0 saturated carbocycles. The molecule has 1 amide bonds. The zero-order valence-electron chi connectivity index (χ0n) is 11.5. The van der Waals surface area contributed by atoms with Crippen LogP contribution in [0.15, 0.2) is 30.3 Å². The zero-order chi connectivity index (χ0) is 14.1. The fourth-order valence-electron chi connectivity index (χ4n) is 2.38. The summed E-state index contributed by atoms with van der Waals surface area (Å²) in [7, 11) is 1.65. The minimum absolute atomic E-state index is 0.116. The van der Waals surface area contributed by atoms with Crippen LogP contribution in [-0.2, 0) is 11.3 Å². The summed E-state index contributed by atoms with van der Waals surface area (Å²) in [4.78, 5) is 13.2. The molecule has 1 aliphatic heterocycles. The molecule has 0 fully saturated rings. The van der Waals surface area contributed by atoms with Crippen molar-refractivity contribution in [3.8, 4) is 5.75 Å². The Kier molecular flexibility index (Phi) is 3.06. The number of fused-ring (bicyclic) bond motifs is 1. The average molecular weight is 272 g/mol. The van der Waals surface area contributed by atoms with Gasteiger partial charge in [-0.1, -0.05) is 6.07 Å². The highest BCUT2D eigenvalue weighted by Gasteiger charge is 2.23. The Labute approximate surface area is 116 Å². The third kappa shape index (κ3) is 2.20. The predicted molar refractivity (Wildman–Crippen MR) is 76.5 cm³/mol. The minimum Gasteiger partial charge on any atom is -0.497 e. The molecule has 6 nitrogen and oxygen atoms in total. The van der Waals surface area contributed by atoms with E-state index in [0.29, 0.717) is 5.82 Å². The van der Waals surface area contributed by atoms with E-state index in [2.05, 4.69) is 15.3 Å². The molecule has 0 radical (unpaired) electrons. The van der Waals surface area contributed by atoms with Crippen LogP contribution in [0, 0.1) is 0 Å². The van der Waals surface area contributed by atoms with Gasteiger partial charge in [0.25, 0.3) is 0 Å². The summed E-state index contributed by atoms with van der Waals surface area (Å²) >= 11 is 0. The summed E-state index contributed by atoms with van der Waals surface area (Å²) < 4.78 is 7.15. The topological polar surface area (TPSA) is 59.4 Å². The lowest BCUT2D eigenvalue weighted by Crippen LogP contribution is -2.13. The van der Waals surface area contributed by atoms with E-state index in [-0.39, 0.29) is 5.91 Å². The highest BCUT2D eigenvalue weighted by Crippen LogP contribution is 2.33. The summed E-state index contributed by atoms with van der Waals surface area (Å²) in [5.41, 5.74) is 1.05. The largest absolute Gasteiger partial charge is 0.497 e. The van der Waals surface area contributed by atoms with Crippen molar-refractivity contribution in [3.63, 3.8) is 0 Å². The van der Waals surface area contributed by atoms with Crippen molar-refractivity contribution in [1.82, 2.24) is 9.78 Å². The zero-order valence-corrected chi connectivity index (χ0v) is 11.5. The van der Waals surface area contributed by atoms with E-state index in [1.807, 2.05) is 35.0 Å². The van der Waals surface area contributed by atoms with Gasteiger partial charge in [0.2, 0.25) is 5.91 Å². The van der Waals surface area contributed by atoms with Crippen molar-refractivity contribution in [2.75, 3.05) is 23.9 Å². The number of anilines is 3. The predicted octanol–water partition coefficient (Wildman–Crippen LogP) is 2.00. The lowest BCUT2D eigenvalue weighted by molar-refractivity contribution is -0.114. The summed E-state index contributed by atoms with van der Waals surface area (Å²) in [6, 6.07) is 9.78. The molecule has 2 aromatic rings. The maximum atomic E-state index is 11.1. The molecule has 104 valence electrons. The number of carbonyl (C=O) groups is 1. The number of ether oxygens (including phenoxy) is 1. The lowest BCUT2D eigenvalue weighted by Gasteiger charge is -2.17. The maximum Gasteiger partial charge on any atom is 0.222 e. The molecule has 0 aliphatic carbocycles. The molecule has 3 rings (SSSR count). The summed E-state index contributed by atoms with van der Waals surface area (Å²) in [6.07, 6.45) is 0. The Morgan fingerprint density at radius 3 is 2.95 bits per heavy atom. The van der Waals surface area contributed by atoms with Gasteiger partial charge in [0.05, 0.1) is 13.7 Å². The summed E-state index contributed by atoms with van der Waals surface area (Å²) in [5.74, 6) is 2.26. The number of methoxy groups -OCH3 is 1. The molecule has 0 unspecified atom stereocenters. The monoisotopic (exact) mass is 272 g/mol. The first kappa shape index (κ1) is 12.5. The van der Waals surface area contributed by atoms with Crippen molar-refractivity contribution >= 4 is 23.2 Å². The molecule has 1 N–H and O–H groups in total. The van der Waals surface area contributed by atoms with Crippen LogP contribution >= 0.6 is 0 Å². The smallest absolute Gasteiger partial charge is 0.222 e. The molecule has 1 aliphatic rings. The Morgan fingerprint density at radius 1 is 1.35 bits per heavy atom. The molecule has 0 bridgehead atoms.